The summed E-state index contributed by atoms with van der Waals surface area (Å²) in [6.45, 7) is 2.78. The lowest BCUT2D eigenvalue weighted by Crippen LogP contribution is -2.08. The smallest absolute Gasteiger partial charge is 0.175 e. The summed E-state index contributed by atoms with van der Waals surface area (Å²) < 4.78 is 7.51. The van der Waals surface area contributed by atoms with Gasteiger partial charge in [0.25, 0.3) is 0 Å². The summed E-state index contributed by atoms with van der Waals surface area (Å²) >= 11 is 3.24. The van der Waals surface area contributed by atoms with E-state index in [2.05, 4.69) is 20.9 Å². The molecule has 0 saturated heterocycles. The Morgan fingerprint density at radius 2 is 2.47 bits per heavy atom. The van der Waals surface area contributed by atoms with E-state index in [1.807, 2.05) is 17.7 Å². The second-order valence-electron chi connectivity index (χ2n) is 3.12. The van der Waals surface area contributed by atoms with Crippen molar-refractivity contribution < 1.29 is 9.52 Å². The molecule has 0 radical (unpaired) electrons. The molecule has 5 heteroatoms. The largest absolute Gasteiger partial charge is 0.457 e. The third kappa shape index (κ3) is 1.85. The Bertz CT molecular complexity index is 450. The van der Waals surface area contributed by atoms with Crippen molar-refractivity contribution >= 4 is 15.9 Å². The highest BCUT2D eigenvalue weighted by molar-refractivity contribution is 9.10. The summed E-state index contributed by atoms with van der Waals surface area (Å²) in [5.74, 6) is 0.625. The highest BCUT2D eigenvalue weighted by atomic mass is 79.9. The molecule has 2 rings (SSSR count). The molecule has 0 aliphatic carbocycles. The van der Waals surface area contributed by atoms with Gasteiger partial charge in [-0.3, -0.25) is 0 Å². The normalized spacial score (nSPS) is 13.0. The minimum absolute atomic E-state index is 0.542. The molecular weight excluding hydrogens is 260 g/mol. The topological polar surface area (TPSA) is 51.2 Å². The minimum atomic E-state index is -0.756. The van der Waals surface area contributed by atoms with Gasteiger partial charge in [0.1, 0.15) is 11.9 Å². The number of hydrogen-bond donors (Lipinski definition) is 1. The van der Waals surface area contributed by atoms with Crippen LogP contribution in [-0.2, 0) is 6.54 Å². The number of aryl methyl sites for hydroxylation is 1. The van der Waals surface area contributed by atoms with E-state index in [1.165, 1.54) is 6.26 Å². The molecule has 2 aromatic rings. The fourth-order valence-corrected chi connectivity index (χ4v) is 1.93. The molecule has 15 heavy (non-hydrogen) atoms. The van der Waals surface area contributed by atoms with Crippen LogP contribution < -0.4 is 0 Å². The molecule has 2 aromatic heterocycles. The van der Waals surface area contributed by atoms with Crippen LogP contribution in [0.2, 0.25) is 0 Å². The van der Waals surface area contributed by atoms with Gasteiger partial charge >= 0.3 is 0 Å². The number of nitrogens with zero attached hydrogens (tertiary/aromatic N) is 2. The van der Waals surface area contributed by atoms with Crippen molar-refractivity contribution in [2.75, 3.05) is 0 Å². The molecule has 2 heterocycles. The van der Waals surface area contributed by atoms with Crippen LogP contribution in [-0.4, -0.2) is 14.7 Å². The average Bonchev–Trinajstić information content (AvgIpc) is 2.84. The molecule has 1 atom stereocenters. The molecule has 0 saturated carbocycles. The Kier molecular flexibility index (Phi) is 2.93. The summed E-state index contributed by atoms with van der Waals surface area (Å²) in [5.41, 5.74) is 0.691. The van der Waals surface area contributed by atoms with Crippen molar-refractivity contribution in [1.29, 1.82) is 0 Å². The maximum Gasteiger partial charge on any atom is 0.175 e. The third-order valence-corrected chi connectivity index (χ3v) is 2.92. The molecular formula is C10H11BrN2O2. The maximum atomic E-state index is 10.1. The number of hydrogen-bond acceptors (Lipinski definition) is 3. The van der Waals surface area contributed by atoms with E-state index in [0.29, 0.717) is 16.1 Å². The number of halogens is 1. The summed E-state index contributed by atoms with van der Waals surface area (Å²) in [7, 11) is 0. The Morgan fingerprint density at radius 3 is 3.07 bits per heavy atom. The molecule has 1 unspecified atom stereocenters. The summed E-state index contributed by atoms with van der Waals surface area (Å²) in [4.78, 5) is 4.13. The molecule has 0 aliphatic heterocycles. The monoisotopic (exact) mass is 270 g/mol. The summed E-state index contributed by atoms with van der Waals surface area (Å²) in [5, 5.41) is 10.1. The van der Waals surface area contributed by atoms with Gasteiger partial charge in [-0.15, -0.1) is 0 Å². The van der Waals surface area contributed by atoms with Gasteiger partial charge in [0, 0.05) is 24.5 Å². The summed E-state index contributed by atoms with van der Waals surface area (Å²) in [6, 6.07) is 1.73. The minimum Gasteiger partial charge on any atom is -0.457 e. The van der Waals surface area contributed by atoms with Gasteiger partial charge in [-0.25, -0.2) is 4.98 Å². The molecule has 0 bridgehead atoms. The molecule has 0 aliphatic rings. The van der Waals surface area contributed by atoms with Crippen molar-refractivity contribution in [2.24, 2.45) is 0 Å². The molecule has 0 aromatic carbocycles. The van der Waals surface area contributed by atoms with Gasteiger partial charge in [-0.1, -0.05) is 0 Å². The fourth-order valence-electron chi connectivity index (χ4n) is 1.47. The number of furan rings is 1. The van der Waals surface area contributed by atoms with Crippen LogP contribution in [0.15, 0.2) is 33.8 Å². The van der Waals surface area contributed by atoms with Crippen molar-refractivity contribution in [3.8, 4) is 0 Å². The molecule has 0 amide bonds. The van der Waals surface area contributed by atoms with E-state index in [-0.39, 0.29) is 0 Å². The predicted molar refractivity (Wildman–Crippen MR) is 58.4 cm³/mol. The lowest BCUT2D eigenvalue weighted by atomic mass is 10.2. The second kappa shape index (κ2) is 4.20. The van der Waals surface area contributed by atoms with E-state index in [0.717, 1.165) is 6.54 Å². The second-order valence-corrected chi connectivity index (χ2v) is 3.84. The zero-order valence-electron chi connectivity index (χ0n) is 8.22. The van der Waals surface area contributed by atoms with Crippen molar-refractivity contribution in [2.45, 2.75) is 19.6 Å². The SMILES string of the molecule is CCn1ccnc1C(O)c1ccoc1Br. The first-order valence-corrected chi connectivity index (χ1v) is 5.45. The Labute approximate surface area is 95.7 Å². The highest BCUT2D eigenvalue weighted by Gasteiger charge is 2.19. The van der Waals surface area contributed by atoms with Gasteiger partial charge in [0.15, 0.2) is 4.67 Å². The van der Waals surface area contributed by atoms with Crippen LogP contribution >= 0.6 is 15.9 Å². The predicted octanol–water partition coefficient (Wildman–Crippen LogP) is 2.34. The van der Waals surface area contributed by atoms with Crippen molar-refractivity contribution in [3.63, 3.8) is 0 Å². The Morgan fingerprint density at radius 1 is 1.67 bits per heavy atom. The van der Waals surface area contributed by atoms with Crippen LogP contribution in [0.4, 0.5) is 0 Å². The van der Waals surface area contributed by atoms with Crippen molar-refractivity contribution in [1.82, 2.24) is 9.55 Å². The number of aromatic nitrogens is 2. The number of aliphatic hydroxyl groups excluding tert-OH is 1. The van der Waals surface area contributed by atoms with Gasteiger partial charge < -0.3 is 14.1 Å². The summed E-state index contributed by atoms with van der Waals surface area (Å²) in [6.07, 6.45) is 4.29. The van der Waals surface area contributed by atoms with Crippen LogP contribution in [0.5, 0.6) is 0 Å². The number of rotatable bonds is 3. The first-order valence-electron chi connectivity index (χ1n) is 4.66. The maximum absolute atomic E-state index is 10.1. The van der Waals surface area contributed by atoms with Crippen molar-refractivity contribution in [3.05, 3.63) is 40.8 Å². The Balaban J connectivity index is 2.36. The number of imidazole rings is 1. The number of aliphatic hydroxyl groups is 1. The van der Waals surface area contributed by atoms with Crippen LogP contribution in [0.25, 0.3) is 0 Å². The van der Waals surface area contributed by atoms with Crippen LogP contribution in [0, 0.1) is 0 Å². The first-order chi connectivity index (χ1) is 7.24. The lowest BCUT2D eigenvalue weighted by molar-refractivity contribution is 0.202. The standard InChI is InChI=1S/C10H11BrN2O2/c1-2-13-5-4-12-10(13)8(14)7-3-6-15-9(7)11/h3-6,8,14H,2H2,1H3. The van der Waals surface area contributed by atoms with Gasteiger partial charge in [-0.05, 0) is 28.9 Å². The van der Waals surface area contributed by atoms with Crippen LogP contribution in [0.3, 0.4) is 0 Å². The lowest BCUT2D eigenvalue weighted by Gasteiger charge is -2.10. The van der Waals surface area contributed by atoms with E-state index >= 15 is 0 Å². The van der Waals surface area contributed by atoms with E-state index in [4.69, 9.17) is 4.42 Å². The quantitative estimate of drug-likeness (QED) is 0.932. The van der Waals surface area contributed by atoms with Crippen LogP contribution in [0.1, 0.15) is 24.4 Å². The average molecular weight is 271 g/mol. The molecule has 4 nitrogen and oxygen atoms in total. The van der Waals surface area contributed by atoms with E-state index in [9.17, 15) is 5.11 Å². The molecule has 1 N–H and O–H groups in total. The van der Waals surface area contributed by atoms with Gasteiger partial charge in [0.05, 0.1) is 6.26 Å². The first kappa shape index (κ1) is 10.4. The molecule has 0 fully saturated rings. The van der Waals surface area contributed by atoms with Gasteiger partial charge in [-0.2, -0.15) is 0 Å². The van der Waals surface area contributed by atoms with E-state index < -0.39 is 6.10 Å². The highest BCUT2D eigenvalue weighted by Crippen LogP contribution is 2.28. The van der Waals surface area contributed by atoms with E-state index in [1.54, 1.807) is 12.3 Å². The zero-order chi connectivity index (χ0) is 10.8. The molecule has 80 valence electrons. The zero-order valence-corrected chi connectivity index (χ0v) is 9.81. The third-order valence-electron chi connectivity index (χ3n) is 2.27. The molecule has 0 spiro atoms. The fraction of sp³-hybridized carbons (Fsp3) is 0.300. The Hall–Kier alpha value is -1.07. The van der Waals surface area contributed by atoms with Gasteiger partial charge in [0.2, 0.25) is 0 Å².